The Kier molecular flexibility index (Phi) is 3.04. The number of hydrogen-bond acceptors (Lipinski definition) is 3. The molecule has 2 fully saturated rings. The van der Waals surface area contributed by atoms with Crippen molar-refractivity contribution in [1.82, 2.24) is 10.2 Å². The van der Waals surface area contributed by atoms with Crippen LogP contribution in [0.15, 0.2) is 24.3 Å². The maximum Gasteiger partial charge on any atom is 0.119 e. The Hall–Kier alpha value is -1.06. The minimum atomic E-state index is 0.364. The second-order valence-corrected chi connectivity index (χ2v) is 5.14. The van der Waals surface area contributed by atoms with Gasteiger partial charge in [0.1, 0.15) is 11.9 Å². The van der Waals surface area contributed by atoms with Crippen molar-refractivity contribution < 1.29 is 4.74 Å². The quantitative estimate of drug-likeness (QED) is 0.834. The zero-order chi connectivity index (χ0) is 11.7. The van der Waals surface area contributed by atoms with Crippen molar-refractivity contribution in [3.8, 4) is 5.75 Å². The Morgan fingerprint density at radius 3 is 2.88 bits per heavy atom. The number of nitrogens with one attached hydrogen (secondary N) is 1. The summed E-state index contributed by atoms with van der Waals surface area (Å²) in [5.41, 5.74) is 1.28. The molecule has 0 spiro atoms. The van der Waals surface area contributed by atoms with Crippen LogP contribution in [0.5, 0.6) is 5.75 Å². The average Bonchev–Trinajstić information content (AvgIpc) is 2.74. The predicted octanol–water partition coefficient (Wildman–Crippen LogP) is 1.42. The Morgan fingerprint density at radius 2 is 2.12 bits per heavy atom. The molecule has 17 heavy (non-hydrogen) atoms. The van der Waals surface area contributed by atoms with Gasteiger partial charge in [-0.05, 0) is 19.1 Å². The van der Waals surface area contributed by atoms with Crippen molar-refractivity contribution in [2.24, 2.45) is 0 Å². The molecule has 1 N–H and O–H groups in total. The molecule has 0 bridgehead atoms. The van der Waals surface area contributed by atoms with Crippen LogP contribution in [0.25, 0.3) is 0 Å². The molecular weight excluding hydrogens is 212 g/mol. The Morgan fingerprint density at radius 1 is 1.29 bits per heavy atom. The van der Waals surface area contributed by atoms with Crippen molar-refractivity contribution in [3.05, 3.63) is 29.8 Å². The van der Waals surface area contributed by atoms with Crippen LogP contribution in [0.3, 0.4) is 0 Å². The molecule has 0 saturated carbocycles. The minimum Gasteiger partial charge on any atom is -0.489 e. The molecule has 0 radical (unpaired) electrons. The standard InChI is InChI=1S/C14H20N2O/c1-11-2-4-13(5-3-11)17-14-8-12-9-15-6-7-16(12)10-14/h2-5,12,14-15H,6-10H2,1H3/t12-,14-/m1/s1. The summed E-state index contributed by atoms with van der Waals surface area (Å²) in [4.78, 5) is 2.55. The van der Waals surface area contributed by atoms with Gasteiger partial charge in [-0.3, -0.25) is 4.90 Å². The fraction of sp³-hybridized carbons (Fsp3) is 0.571. The number of rotatable bonds is 2. The van der Waals surface area contributed by atoms with Crippen molar-refractivity contribution in [2.45, 2.75) is 25.5 Å². The van der Waals surface area contributed by atoms with Gasteiger partial charge in [0, 0.05) is 38.6 Å². The highest BCUT2D eigenvalue weighted by atomic mass is 16.5. The lowest BCUT2D eigenvalue weighted by Gasteiger charge is -2.29. The van der Waals surface area contributed by atoms with Gasteiger partial charge in [0.15, 0.2) is 0 Å². The second kappa shape index (κ2) is 4.67. The third-order valence-electron chi connectivity index (χ3n) is 3.77. The van der Waals surface area contributed by atoms with Gasteiger partial charge in [-0.2, -0.15) is 0 Å². The SMILES string of the molecule is Cc1ccc(O[C@@H]2C[C@@H]3CNCCN3C2)cc1. The number of nitrogens with zero attached hydrogens (tertiary/aromatic N) is 1. The minimum absolute atomic E-state index is 0.364. The summed E-state index contributed by atoms with van der Waals surface area (Å²) in [7, 11) is 0. The molecule has 92 valence electrons. The normalized spacial score (nSPS) is 29.0. The largest absolute Gasteiger partial charge is 0.489 e. The summed E-state index contributed by atoms with van der Waals surface area (Å²) >= 11 is 0. The van der Waals surface area contributed by atoms with Crippen LogP contribution in [-0.2, 0) is 0 Å². The average molecular weight is 232 g/mol. The van der Waals surface area contributed by atoms with Gasteiger partial charge in [0.05, 0.1) is 0 Å². The summed E-state index contributed by atoms with van der Waals surface area (Å²) in [6, 6.07) is 9.05. The monoisotopic (exact) mass is 232 g/mol. The number of aryl methyl sites for hydroxylation is 1. The molecule has 3 nitrogen and oxygen atoms in total. The van der Waals surface area contributed by atoms with E-state index < -0.39 is 0 Å². The smallest absolute Gasteiger partial charge is 0.119 e. The number of fused-ring (bicyclic) bond motifs is 1. The lowest BCUT2D eigenvalue weighted by molar-refractivity contribution is 0.186. The topological polar surface area (TPSA) is 24.5 Å². The van der Waals surface area contributed by atoms with E-state index >= 15 is 0 Å². The number of ether oxygens (including phenoxy) is 1. The van der Waals surface area contributed by atoms with Gasteiger partial charge >= 0.3 is 0 Å². The first-order chi connectivity index (χ1) is 8.31. The summed E-state index contributed by atoms with van der Waals surface area (Å²) < 4.78 is 6.05. The Labute approximate surface area is 103 Å². The van der Waals surface area contributed by atoms with E-state index in [2.05, 4.69) is 41.4 Å². The van der Waals surface area contributed by atoms with Crippen LogP contribution < -0.4 is 10.1 Å². The third-order valence-corrected chi connectivity index (χ3v) is 3.77. The maximum atomic E-state index is 6.05. The van der Waals surface area contributed by atoms with E-state index in [4.69, 9.17) is 4.74 Å². The summed E-state index contributed by atoms with van der Waals surface area (Å²) in [5, 5.41) is 3.45. The first-order valence-corrected chi connectivity index (χ1v) is 6.49. The lowest BCUT2D eigenvalue weighted by Crippen LogP contribution is -2.47. The van der Waals surface area contributed by atoms with Crippen molar-refractivity contribution in [2.75, 3.05) is 26.2 Å². The number of piperazine rings is 1. The number of hydrogen-bond donors (Lipinski definition) is 1. The van der Waals surface area contributed by atoms with E-state index in [1.165, 1.54) is 12.1 Å². The van der Waals surface area contributed by atoms with Gasteiger partial charge < -0.3 is 10.1 Å². The van der Waals surface area contributed by atoms with E-state index in [0.717, 1.165) is 31.8 Å². The fourth-order valence-corrected chi connectivity index (χ4v) is 2.81. The van der Waals surface area contributed by atoms with E-state index in [0.29, 0.717) is 12.1 Å². The highest BCUT2D eigenvalue weighted by Crippen LogP contribution is 2.23. The molecule has 1 aromatic rings. The zero-order valence-electron chi connectivity index (χ0n) is 10.4. The van der Waals surface area contributed by atoms with Gasteiger partial charge in [-0.1, -0.05) is 17.7 Å². The molecule has 3 heteroatoms. The van der Waals surface area contributed by atoms with Gasteiger partial charge in [-0.15, -0.1) is 0 Å². The van der Waals surface area contributed by atoms with E-state index in [1.54, 1.807) is 0 Å². The van der Waals surface area contributed by atoms with Crippen LogP contribution in [-0.4, -0.2) is 43.2 Å². The van der Waals surface area contributed by atoms with Crippen molar-refractivity contribution in [3.63, 3.8) is 0 Å². The van der Waals surface area contributed by atoms with E-state index in [1.807, 2.05) is 0 Å². The highest BCUT2D eigenvalue weighted by molar-refractivity contribution is 5.26. The van der Waals surface area contributed by atoms with Gasteiger partial charge in [0.2, 0.25) is 0 Å². The van der Waals surface area contributed by atoms with Crippen molar-refractivity contribution in [1.29, 1.82) is 0 Å². The van der Waals surface area contributed by atoms with Crippen LogP contribution >= 0.6 is 0 Å². The first kappa shape index (κ1) is 11.1. The maximum absolute atomic E-state index is 6.05. The van der Waals surface area contributed by atoms with E-state index in [9.17, 15) is 0 Å². The Balaban J connectivity index is 1.61. The molecule has 2 saturated heterocycles. The molecule has 2 heterocycles. The lowest BCUT2D eigenvalue weighted by atomic mass is 10.1. The number of benzene rings is 1. The first-order valence-electron chi connectivity index (χ1n) is 6.49. The second-order valence-electron chi connectivity index (χ2n) is 5.14. The summed E-state index contributed by atoms with van der Waals surface area (Å²) in [6.45, 7) is 6.59. The summed E-state index contributed by atoms with van der Waals surface area (Å²) in [6.07, 6.45) is 1.52. The van der Waals surface area contributed by atoms with Gasteiger partial charge in [0.25, 0.3) is 0 Å². The van der Waals surface area contributed by atoms with Crippen molar-refractivity contribution >= 4 is 0 Å². The molecular formula is C14H20N2O. The molecule has 3 rings (SSSR count). The molecule has 2 atom stereocenters. The predicted molar refractivity (Wildman–Crippen MR) is 68.4 cm³/mol. The van der Waals surface area contributed by atoms with E-state index in [-0.39, 0.29) is 0 Å². The van der Waals surface area contributed by atoms with Crippen LogP contribution in [0.2, 0.25) is 0 Å². The molecule has 0 aliphatic carbocycles. The summed E-state index contributed by atoms with van der Waals surface area (Å²) in [5.74, 6) is 1.01. The van der Waals surface area contributed by atoms with Gasteiger partial charge in [-0.25, -0.2) is 0 Å². The molecule has 2 aliphatic rings. The fourth-order valence-electron chi connectivity index (χ4n) is 2.81. The Bertz CT molecular complexity index is 362. The molecule has 2 aliphatic heterocycles. The zero-order valence-corrected chi connectivity index (χ0v) is 10.4. The third kappa shape index (κ3) is 2.45. The highest BCUT2D eigenvalue weighted by Gasteiger charge is 2.34. The van der Waals surface area contributed by atoms with Crippen LogP contribution in [0.1, 0.15) is 12.0 Å². The molecule has 1 aromatic carbocycles. The molecule has 0 unspecified atom stereocenters. The van der Waals surface area contributed by atoms with Crippen LogP contribution in [0, 0.1) is 6.92 Å². The van der Waals surface area contributed by atoms with Crippen LogP contribution in [0.4, 0.5) is 0 Å². The molecule has 0 aromatic heterocycles. The molecule has 0 amide bonds.